The van der Waals surface area contributed by atoms with Crippen LogP contribution in [0.5, 0.6) is 0 Å². The van der Waals surface area contributed by atoms with Gasteiger partial charge in [-0.15, -0.1) is 0 Å². The number of hydrogen-bond acceptors (Lipinski definition) is 3. The van der Waals surface area contributed by atoms with Crippen LogP contribution in [-0.4, -0.2) is 30.9 Å². The number of carbonyl (C=O) groups is 1. The predicted molar refractivity (Wildman–Crippen MR) is 75.2 cm³/mol. The summed E-state index contributed by atoms with van der Waals surface area (Å²) in [5.74, 6) is 0.0703. The molecule has 18 heavy (non-hydrogen) atoms. The quantitative estimate of drug-likeness (QED) is 0.752. The minimum atomic E-state index is 0.0703. The Kier molecular flexibility index (Phi) is 5.65. The molecule has 100 valence electrons. The van der Waals surface area contributed by atoms with Crippen molar-refractivity contribution in [1.29, 1.82) is 0 Å². The number of anilines is 1. The summed E-state index contributed by atoms with van der Waals surface area (Å²) < 4.78 is 0. The third kappa shape index (κ3) is 4.37. The van der Waals surface area contributed by atoms with Gasteiger partial charge in [0.2, 0.25) is 5.91 Å². The van der Waals surface area contributed by atoms with Gasteiger partial charge < -0.3 is 11.1 Å². The van der Waals surface area contributed by atoms with Crippen LogP contribution in [0.4, 0.5) is 5.69 Å². The number of rotatable bonds is 6. The zero-order chi connectivity index (χ0) is 13.5. The molecular formula is C14H23N3O. The number of carbonyl (C=O) groups excluding carboxylic acids is 1. The first-order valence-electron chi connectivity index (χ1n) is 6.33. The second-order valence-electron chi connectivity index (χ2n) is 4.65. The van der Waals surface area contributed by atoms with Gasteiger partial charge >= 0.3 is 0 Å². The lowest BCUT2D eigenvalue weighted by Gasteiger charge is -2.18. The largest absolute Gasteiger partial charge is 0.399 e. The highest BCUT2D eigenvalue weighted by Crippen LogP contribution is 2.16. The molecule has 0 aliphatic rings. The van der Waals surface area contributed by atoms with Crippen molar-refractivity contribution >= 4 is 11.6 Å². The highest BCUT2D eigenvalue weighted by atomic mass is 16.2. The van der Waals surface area contributed by atoms with Crippen molar-refractivity contribution in [1.82, 2.24) is 10.2 Å². The van der Waals surface area contributed by atoms with Gasteiger partial charge in [-0.3, -0.25) is 9.69 Å². The molecule has 4 heteroatoms. The lowest BCUT2D eigenvalue weighted by Crippen LogP contribution is -2.35. The smallest absolute Gasteiger partial charge is 0.234 e. The van der Waals surface area contributed by atoms with E-state index < -0.39 is 0 Å². The van der Waals surface area contributed by atoms with Crippen LogP contribution in [0.1, 0.15) is 24.5 Å². The number of benzene rings is 1. The average Bonchev–Trinajstić information content (AvgIpc) is 2.32. The molecule has 1 aromatic rings. The van der Waals surface area contributed by atoms with Crippen LogP contribution >= 0.6 is 0 Å². The summed E-state index contributed by atoms with van der Waals surface area (Å²) in [5, 5.41) is 2.87. The summed E-state index contributed by atoms with van der Waals surface area (Å²) >= 11 is 0. The van der Waals surface area contributed by atoms with Crippen LogP contribution in [0.25, 0.3) is 0 Å². The molecule has 3 N–H and O–H groups in total. The Balaban J connectivity index is 2.51. The maximum atomic E-state index is 11.6. The Bertz CT molecular complexity index is 404. The molecule has 4 nitrogen and oxygen atoms in total. The zero-order valence-electron chi connectivity index (χ0n) is 11.5. The predicted octanol–water partition coefficient (Wildman–Crippen LogP) is 1.54. The molecule has 0 aliphatic carbocycles. The molecule has 0 aromatic heterocycles. The van der Waals surface area contributed by atoms with E-state index in [1.165, 1.54) is 5.56 Å². The first kappa shape index (κ1) is 14.5. The van der Waals surface area contributed by atoms with Crippen LogP contribution in [0, 0.1) is 6.92 Å². The second-order valence-corrected chi connectivity index (χ2v) is 4.65. The van der Waals surface area contributed by atoms with E-state index in [0.717, 1.165) is 30.8 Å². The van der Waals surface area contributed by atoms with Crippen LogP contribution in [0.15, 0.2) is 18.2 Å². The van der Waals surface area contributed by atoms with E-state index in [1.54, 1.807) is 0 Å². The molecule has 0 bridgehead atoms. The van der Waals surface area contributed by atoms with Gasteiger partial charge in [-0.1, -0.05) is 19.1 Å². The first-order valence-corrected chi connectivity index (χ1v) is 6.33. The van der Waals surface area contributed by atoms with E-state index in [9.17, 15) is 4.79 Å². The Labute approximate surface area is 109 Å². The fourth-order valence-electron chi connectivity index (χ4n) is 1.79. The molecule has 1 amide bonds. The van der Waals surface area contributed by atoms with E-state index in [4.69, 9.17) is 5.73 Å². The van der Waals surface area contributed by atoms with E-state index in [-0.39, 0.29) is 5.91 Å². The minimum absolute atomic E-state index is 0.0703. The van der Waals surface area contributed by atoms with Crippen molar-refractivity contribution < 1.29 is 4.79 Å². The molecule has 0 saturated heterocycles. The lowest BCUT2D eigenvalue weighted by molar-refractivity contribution is -0.122. The van der Waals surface area contributed by atoms with Gasteiger partial charge in [0.05, 0.1) is 6.54 Å². The molecule has 0 aliphatic heterocycles. The van der Waals surface area contributed by atoms with Crippen LogP contribution in [-0.2, 0) is 11.3 Å². The standard InChI is InChI=1S/C14H23N3O/c1-4-8-16-14(18)10-17(3)9-12-6-5-7-13(15)11(12)2/h5-7H,4,8-10,15H2,1-3H3,(H,16,18). The fraction of sp³-hybridized carbons (Fsp3) is 0.500. The van der Waals surface area contributed by atoms with Crippen molar-refractivity contribution in [2.24, 2.45) is 0 Å². The molecule has 1 aromatic carbocycles. The lowest BCUT2D eigenvalue weighted by atomic mass is 10.1. The second kappa shape index (κ2) is 7.01. The molecule has 0 unspecified atom stereocenters. The Morgan fingerprint density at radius 3 is 2.83 bits per heavy atom. The van der Waals surface area contributed by atoms with Gasteiger partial charge in [-0.2, -0.15) is 0 Å². The molecular weight excluding hydrogens is 226 g/mol. The average molecular weight is 249 g/mol. The maximum Gasteiger partial charge on any atom is 0.234 e. The van der Waals surface area contributed by atoms with Crippen molar-refractivity contribution in [3.8, 4) is 0 Å². The van der Waals surface area contributed by atoms with Gasteiger partial charge in [0.15, 0.2) is 0 Å². The number of nitrogens with zero attached hydrogens (tertiary/aromatic N) is 1. The normalized spacial score (nSPS) is 10.7. The third-order valence-corrected chi connectivity index (χ3v) is 2.91. The molecule has 0 heterocycles. The molecule has 0 spiro atoms. The van der Waals surface area contributed by atoms with Crippen molar-refractivity contribution in [2.45, 2.75) is 26.8 Å². The fourth-order valence-corrected chi connectivity index (χ4v) is 1.79. The Morgan fingerprint density at radius 2 is 2.17 bits per heavy atom. The van der Waals surface area contributed by atoms with E-state index in [2.05, 4.69) is 5.32 Å². The topological polar surface area (TPSA) is 58.4 Å². The highest BCUT2D eigenvalue weighted by Gasteiger charge is 2.08. The van der Waals surface area contributed by atoms with Crippen LogP contribution < -0.4 is 11.1 Å². The molecule has 1 rings (SSSR count). The Hall–Kier alpha value is -1.55. The number of nitrogen functional groups attached to an aromatic ring is 1. The van der Waals surface area contributed by atoms with Crippen LogP contribution in [0.3, 0.4) is 0 Å². The summed E-state index contributed by atoms with van der Waals surface area (Å²) in [6.45, 7) is 5.93. The molecule has 0 fully saturated rings. The Morgan fingerprint density at radius 1 is 1.44 bits per heavy atom. The van der Waals surface area contributed by atoms with Gasteiger partial charge in [-0.25, -0.2) is 0 Å². The highest BCUT2D eigenvalue weighted by molar-refractivity contribution is 5.77. The summed E-state index contributed by atoms with van der Waals surface area (Å²) in [6.07, 6.45) is 0.962. The minimum Gasteiger partial charge on any atom is -0.399 e. The van der Waals surface area contributed by atoms with Gasteiger partial charge in [-0.05, 0) is 37.6 Å². The molecule has 0 atom stereocenters. The number of amides is 1. The van der Waals surface area contributed by atoms with Crippen molar-refractivity contribution in [3.05, 3.63) is 29.3 Å². The first-order chi connectivity index (χ1) is 8.54. The number of likely N-dealkylation sites (N-methyl/N-ethyl adjacent to an activating group) is 1. The van der Waals surface area contributed by atoms with Gasteiger partial charge in [0, 0.05) is 18.8 Å². The van der Waals surface area contributed by atoms with E-state index in [1.807, 2.05) is 44.0 Å². The summed E-state index contributed by atoms with van der Waals surface area (Å²) in [6, 6.07) is 5.89. The number of nitrogens with one attached hydrogen (secondary N) is 1. The van der Waals surface area contributed by atoms with E-state index in [0.29, 0.717) is 6.54 Å². The third-order valence-electron chi connectivity index (χ3n) is 2.91. The monoisotopic (exact) mass is 249 g/mol. The summed E-state index contributed by atoms with van der Waals surface area (Å²) in [7, 11) is 1.94. The number of hydrogen-bond donors (Lipinski definition) is 2. The van der Waals surface area contributed by atoms with Gasteiger partial charge in [0.1, 0.15) is 0 Å². The molecule has 0 saturated carbocycles. The van der Waals surface area contributed by atoms with E-state index >= 15 is 0 Å². The summed E-state index contributed by atoms with van der Waals surface area (Å²) in [5.41, 5.74) is 8.93. The summed E-state index contributed by atoms with van der Waals surface area (Å²) in [4.78, 5) is 13.6. The van der Waals surface area contributed by atoms with Crippen molar-refractivity contribution in [3.63, 3.8) is 0 Å². The number of nitrogens with two attached hydrogens (primary N) is 1. The van der Waals surface area contributed by atoms with Gasteiger partial charge in [0.25, 0.3) is 0 Å². The van der Waals surface area contributed by atoms with Crippen LogP contribution in [0.2, 0.25) is 0 Å². The van der Waals surface area contributed by atoms with Crippen molar-refractivity contribution in [2.75, 3.05) is 25.9 Å². The SMILES string of the molecule is CCCNC(=O)CN(C)Cc1cccc(N)c1C. The zero-order valence-corrected chi connectivity index (χ0v) is 11.5. The molecule has 0 radical (unpaired) electrons. The maximum absolute atomic E-state index is 11.6.